The minimum absolute atomic E-state index is 0.0579. The van der Waals surface area contributed by atoms with Crippen LogP contribution in [-0.2, 0) is 9.47 Å². The lowest BCUT2D eigenvalue weighted by molar-refractivity contribution is 0.611. The third-order valence-corrected chi connectivity index (χ3v) is 0. The van der Waals surface area contributed by atoms with Crippen LogP contribution in [0.3, 0.4) is 0 Å². The summed E-state index contributed by atoms with van der Waals surface area (Å²) in [6.07, 6.45) is 0. The van der Waals surface area contributed by atoms with Crippen LogP contribution in [-0.4, -0.2) is 17.8 Å². The Balaban J connectivity index is 4.06. The summed E-state index contributed by atoms with van der Waals surface area (Å²) in [6, 6.07) is 0. The van der Waals surface area contributed by atoms with Gasteiger partial charge in [-0.1, -0.05) is 0 Å². The zero-order valence-electron chi connectivity index (χ0n) is 2.80. The van der Waals surface area contributed by atoms with Gasteiger partial charge in [-0.05, 0) is 0 Å². The first-order valence-electron chi connectivity index (χ1n) is 0.977. The van der Waals surface area contributed by atoms with Crippen LogP contribution >= 0.6 is 0 Å². The fourth-order valence-corrected chi connectivity index (χ4v) is 0. The number of hydrogen-bond donors (Lipinski definition) is 1. The lowest BCUT2D eigenvalue weighted by atomic mass is 14.0. The summed E-state index contributed by atoms with van der Waals surface area (Å²) in [4.78, 5) is 0. The zero-order valence-corrected chi connectivity index (χ0v) is 5.62. The summed E-state index contributed by atoms with van der Waals surface area (Å²) in [6.45, 7) is 0. The summed E-state index contributed by atoms with van der Waals surface area (Å²) >= 11 is 0. The minimum Gasteiger partial charge on any atom is -0.236 e. The van der Waals surface area contributed by atoms with Crippen molar-refractivity contribution in [3.63, 3.8) is 0 Å². The summed E-state index contributed by atoms with van der Waals surface area (Å²) in [5.74, 6) is 0. The third-order valence-electron chi connectivity index (χ3n) is 0. The molecule has 2 N–H and O–H groups in total. The van der Waals surface area contributed by atoms with Crippen molar-refractivity contribution in [3.05, 3.63) is 0 Å². The average molecular weight is 111 g/mol. The minimum atomic E-state index is -3.03. The van der Waals surface area contributed by atoms with Crippen LogP contribution in [0.1, 0.15) is 0 Å². The van der Waals surface area contributed by atoms with Crippen molar-refractivity contribution in [2.24, 2.45) is 5.14 Å². The van der Waals surface area contributed by atoms with Crippen LogP contribution in [0.2, 0.25) is 0 Å². The van der Waals surface area contributed by atoms with E-state index in [0.717, 1.165) is 0 Å². The number of nitrogens with two attached hydrogens (primary N) is 1. The molecule has 0 unspecified atom stereocenters. The molecule has 0 atom stereocenters. The van der Waals surface area contributed by atoms with E-state index in [1.54, 1.807) is 0 Å². The Morgan fingerprint density at radius 3 is 1.60 bits per heavy atom. The standard InChI is InChI=1S/H5NO2SSi/c1-4(2,3)5/h5H3,(H2,1,2,3). The van der Waals surface area contributed by atoms with Crippen molar-refractivity contribution in [1.82, 2.24) is 0 Å². The fraction of sp³-hybridized carbons (Fsp3) is 0. The lowest BCUT2D eigenvalue weighted by Crippen LogP contribution is -2.09. The molecule has 0 rings (SSSR count). The van der Waals surface area contributed by atoms with Crippen LogP contribution < -0.4 is 5.14 Å². The SMILES string of the molecule is NS(=O)(=O)[SiH3]. The third kappa shape index (κ3) is 1160. The van der Waals surface area contributed by atoms with Gasteiger partial charge in [0.2, 0.25) is 0 Å². The average Bonchev–Trinajstić information content (AvgIpc) is 0.722. The molecule has 0 saturated heterocycles. The monoisotopic (exact) mass is 111 g/mol. The van der Waals surface area contributed by atoms with E-state index in [9.17, 15) is 8.42 Å². The zero-order chi connectivity index (χ0) is 4.50. The predicted octanol–water partition coefficient (Wildman–Crippen LogP) is -2.44. The van der Waals surface area contributed by atoms with Gasteiger partial charge in [-0.15, -0.1) is 0 Å². The van der Waals surface area contributed by atoms with E-state index in [1.165, 1.54) is 0 Å². The molecule has 0 spiro atoms. The van der Waals surface area contributed by atoms with Crippen molar-refractivity contribution in [2.45, 2.75) is 0 Å². The van der Waals surface area contributed by atoms with Gasteiger partial charge in [-0.2, -0.15) is 0 Å². The molecule has 0 saturated carbocycles. The van der Waals surface area contributed by atoms with Crippen LogP contribution in [0, 0.1) is 0 Å². The Labute approximate surface area is 33.3 Å². The van der Waals surface area contributed by atoms with Crippen molar-refractivity contribution in [3.8, 4) is 0 Å². The van der Waals surface area contributed by atoms with Gasteiger partial charge in [0.1, 0.15) is 0 Å². The first-order valence-corrected chi connectivity index (χ1v) is 5.38. The molecule has 0 aliphatic heterocycles. The van der Waals surface area contributed by atoms with Gasteiger partial charge < -0.3 is 0 Å². The quantitative estimate of drug-likeness (QED) is 0.353. The first kappa shape index (κ1) is 5.13. The molecule has 0 bridgehead atoms. The maximum Gasteiger partial charge on any atom is 0.167 e. The highest BCUT2D eigenvalue weighted by atomic mass is 32.4. The maximum atomic E-state index is 9.47. The molecule has 0 radical (unpaired) electrons. The topological polar surface area (TPSA) is 60.2 Å². The molecule has 32 valence electrons. The summed E-state index contributed by atoms with van der Waals surface area (Å²) in [5, 5.41) is 4.39. The Hall–Kier alpha value is 0.127. The molecular weight excluding hydrogens is 106 g/mol. The lowest BCUT2D eigenvalue weighted by Gasteiger charge is -1.71. The van der Waals surface area contributed by atoms with Gasteiger partial charge >= 0.3 is 0 Å². The van der Waals surface area contributed by atoms with Crippen molar-refractivity contribution in [2.75, 3.05) is 0 Å². The fourth-order valence-electron chi connectivity index (χ4n) is 0. The molecule has 0 amide bonds. The Morgan fingerprint density at radius 1 is 1.60 bits per heavy atom. The summed E-state index contributed by atoms with van der Waals surface area (Å²) in [5.41, 5.74) is 0. The van der Waals surface area contributed by atoms with Crippen molar-refractivity contribution < 1.29 is 8.42 Å². The van der Waals surface area contributed by atoms with Gasteiger partial charge in [0, 0.05) is 0 Å². The van der Waals surface area contributed by atoms with Gasteiger partial charge in [0.15, 0.2) is 18.9 Å². The summed E-state index contributed by atoms with van der Waals surface area (Å²) < 4.78 is 18.9. The smallest absolute Gasteiger partial charge is 0.167 e. The first-order chi connectivity index (χ1) is 2.00. The highest BCUT2D eigenvalue weighted by molar-refractivity contribution is 8.10. The number of hydrogen-bond acceptors (Lipinski definition) is 2. The Kier molecular flexibility index (Phi) is 1.10. The van der Waals surface area contributed by atoms with Gasteiger partial charge in [0.05, 0.1) is 0 Å². The van der Waals surface area contributed by atoms with Gasteiger partial charge in [0.25, 0.3) is 0 Å². The molecule has 0 aliphatic rings. The van der Waals surface area contributed by atoms with E-state index in [1.807, 2.05) is 0 Å². The van der Waals surface area contributed by atoms with Crippen LogP contribution in [0.15, 0.2) is 0 Å². The molecule has 0 aromatic rings. The van der Waals surface area contributed by atoms with Gasteiger partial charge in [-0.3, -0.25) is 0 Å². The normalized spacial score (nSPS) is 12.2. The second kappa shape index (κ2) is 1.07. The second-order valence-corrected chi connectivity index (χ2v) is 5.90. The van der Waals surface area contributed by atoms with E-state index in [2.05, 4.69) is 5.14 Å². The molecule has 0 heterocycles. The van der Waals surface area contributed by atoms with E-state index in [-0.39, 0.29) is 9.39 Å². The molecule has 0 aromatic heterocycles. The molecule has 5 heteroatoms. The second-order valence-electron chi connectivity index (χ2n) is 0.830. The predicted molar refractivity (Wildman–Crippen MR) is 23.0 cm³/mol. The van der Waals surface area contributed by atoms with Crippen LogP contribution in [0.4, 0.5) is 0 Å². The van der Waals surface area contributed by atoms with Crippen molar-refractivity contribution in [1.29, 1.82) is 0 Å². The highest BCUT2D eigenvalue weighted by Crippen LogP contribution is 1.48. The van der Waals surface area contributed by atoms with Crippen molar-refractivity contribution >= 4 is 18.9 Å². The maximum absolute atomic E-state index is 9.47. The molecule has 0 aliphatic carbocycles. The molecular formula is H5NO2SSi. The summed E-state index contributed by atoms with van der Waals surface area (Å²) in [7, 11) is -2.97. The van der Waals surface area contributed by atoms with Crippen LogP contribution in [0.5, 0.6) is 0 Å². The Bertz CT molecular complexity index is 92.8. The van der Waals surface area contributed by atoms with E-state index >= 15 is 0 Å². The van der Waals surface area contributed by atoms with Crippen LogP contribution in [0.25, 0.3) is 0 Å². The molecule has 0 aromatic carbocycles. The molecule has 0 fully saturated rings. The molecule has 5 heavy (non-hydrogen) atoms. The van der Waals surface area contributed by atoms with E-state index in [0.29, 0.717) is 0 Å². The van der Waals surface area contributed by atoms with E-state index < -0.39 is 9.47 Å². The Morgan fingerprint density at radius 2 is 1.60 bits per heavy atom. The molecule has 3 nitrogen and oxygen atoms in total. The highest BCUT2D eigenvalue weighted by Gasteiger charge is 1.78. The largest absolute Gasteiger partial charge is 0.236 e. The number of rotatable bonds is 0. The van der Waals surface area contributed by atoms with Gasteiger partial charge in [-0.25, -0.2) is 13.6 Å². The van der Waals surface area contributed by atoms with E-state index in [4.69, 9.17) is 0 Å².